The summed E-state index contributed by atoms with van der Waals surface area (Å²) in [6.45, 7) is 0.529. The maximum atomic E-state index is 6.59. The Hall–Kier alpha value is -7.56. The van der Waals surface area contributed by atoms with Crippen LogP contribution in [0.25, 0.3) is 110 Å². The summed E-state index contributed by atoms with van der Waals surface area (Å²) in [5.74, 6) is 0.947. The minimum Gasteiger partial charge on any atom is -0.489 e. The zero-order valence-electron chi connectivity index (χ0n) is 31.4. The van der Waals surface area contributed by atoms with Crippen molar-refractivity contribution in [2.75, 3.05) is 6.61 Å². The molecule has 0 radical (unpaired) electrons. The van der Waals surface area contributed by atoms with Crippen molar-refractivity contribution in [3.8, 4) is 33.7 Å². The quantitative estimate of drug-likeness (QED) is 0.181. The van der Waals surface area contributed by atoms with Gasteiger partial charge in [-0.25, -0.2) is 0 Å². The second kappa shape index (κ2) is 12.0. The molecule has 5 heterocycles. The maximum Gasteiger partial charge on any atom is 0.143 e. The Bertz CT molecular complexity index is 3720. The fraction of sp³-hybridized carbons (Fsp3) is 0.0370. The van der Waals surface area contributed by atoms with Crippen LogP contribution in [0, 0.1) is 0 Å². The standard InChI is InChI=1S/C54H34N2O2/c1-2-8-30-57-53-33(13-3-1)14-10-19-37(53)34-15-9-16-36(31-34)55-46-27-26-35(38-20-11-22-42-40-18-5-7-25-49(40)58-54(38)42)32-44(46)51-47(55)28-29-48-50(51)43-23-12-21-41-39-17-4-6-24-45(39)56(48)52(41)43/h1-12,14-29,31-32H,13,30H2/b3-1-,8-2-. The monoisotopic (exact) mass is 742 g/mol. The van der Waals surface area contributed by atoms with Crippen molar-refractivity contribution in [3.05, 3.63) is 188 Å². The fourth-order valence-corrected chi connectivity index (χ4v) is 9.95. The minimum absolute atomic E-state index is 0.529. The summed E-state index contributed by atoms with van der Waals surface area (Å²) >= 11 is 0. The molecule has 0 N–H and O–H groups in total. The van der Waals surface area contributed by atoms with Gasteiger partial charge < -0.3 is 18.1 Å². The van der Waals surface area contributed by atoms with Gasteiger partial charge in [0.2, 0.25) is 0 Å². The van der Waals surface area contributed by atoms with E-state index >= 15 is 0 Å². The average Bonchev–Trinajstić information content (AvgIpc) is 4.03. The third-order valence-corrected chi connectivity index (χ3v) is 12.4. The normalized spacial score (nSPS) is 14.5. The Labute approximate surface area is 333 Å². The van der Waals surface area contributed by atoms with Crippen molar-refractivity contribution in [2.24, 2.45) is 0 Å². The van der Waals surface area contributed by atoms with E-state index in [4.69, 9.17) is 9.15 Å². The first-order chi connectivity index (χ1) is 28.8. The lowest BCUT2D eigenvalue weighted by molar-refractivity contribution is 0.361. The van der Waals surface area contributed by atoms with Gasteiger partial charge in [0.1, 0.15) is 23.5 Å². The Kier molecular flexibility index (Phi) is 6.53. The van der Waals surface area contributed by atoms with Crippen LogP contribution in [0.1, 0.15) is 5.56 Å². The molecule has 8 aromatic carbocycles. The number of para-hydroxylation sites is 5. The summed E-state index contributed by atoms with van der Waals surface area (Å²) in [6.07, 6.45) is 9.25. The van der Waals surface area contributed by atoms with Gasteiger partial charge in [-0.1, -0.05) is 127 Å². The first kappa shape index (κ1) is 31.6. The van der Waals surface area contributed by atoms with Crippen LogP contribution >= 0.6 is 0 Å². The molecule has 0 aliphatic carbocycles. The highest BCUT2D eigenvalue weighted by Gasteiger charge is 2.24. The number of furan rings is 1. The summed E-state index contributed by atoms with van der Waals surface area (Å²) in [5.41, 5.74) is 14.6. The number of benzene rings is 8. The van der Waals surface area contributed by atoms with E-state index in [0.717, 1.165) is 67.6 Å². The number of ether oxygens (including phenoxy) is 1. The highest BCUT2D eigenvalue weighted by molar-refractivity contribution is 6.33. The zero-order chi connectivity index (χ0) is 37.9. The van der Waals surface area contributed by atoms with E-state index in [1.807, 2.05) is 6.07 Å². The molecule has 12 aromatic rings. The molecule has 272 valence electrons. The van der Waals surface area contributed by atoms with Crippen LogP contribution < -0.4 is 4.74 Å². The number of fused-ring (bicyclic) bond motifs is 14. The predicted molar refractivity (Wildman–Crippen MR) is 241 cm³/mol. The van der Waals surface area contributed by atoms with Crippen LogP contribution in [0.15, 0.2) is 186 Å². The predicted octanol–water partition coefficient (Wildman–Crippen LogP) is 14.2. The Morgan fingerprint density at radius 1 is 0.466 bits per heavy atom. The molecule has 58 heavy (non-hydrogen) atoms. The second-order valence-electron chi connectivity index (χ2n) is 15.5. The van der Waals surface area contributed by atoms with Gasteiger partial charge in [-0.15, -0.1) is 0 Å². The van der Waals surface area contributed by atoms with Gasteiger partial charge in [0.15, 0.2) is 0 Å². The van der Waals surface area contributed by atoms with Crippen LogP contribution in [0.5, 0.6) is 5.75 Å². The topological polar surface area (TPSA) is 31.7 Å². The molecule has 0 bridgehead atoms. The van der Waals surface area contributed by atoms with Crippen LogP contribution in [-0.4, -0.2) is 15.6 Å². The van der Waals surface area contributed by atoms with Crippen molar-refractivity contribution < 1.29 is 9.15 Å². The average molecular weight is 743 g/mol. The van der Waals surface area contributed by atoms with Gasteiger partial charge in [0, 0.05) is 59.9 Å². The second-order valence-corrected chi connectivity index (χ2v) is 15.5. The Balaban J connectivity index is 1.12. The first-order valence-electron chi connectivity index (χ1n) is 20.0. The first-order valence-corrected chi connectivity index (χ1v) is 20.0. The van der Waals surface area contributed by atoms with E-state index in [0.29, 0.717) is 6.61 Å². The van der Waals surface area contributed by atoms with E-state index in [1.54, 1.807) is 0 Å². The molecule has 0 saturated heterocycles. The Morgan fingerprint density at radius 2 is 1.19 bits per heavy atom. The smallest absolute Gasteiger partial charge is 0.143 e. The maximum absolute atomic E-state index is 6.59. The van der Waals surface area contributed by atoms with E-state index in [-0.39, 0.29) is 0 Å². The Morgan fingerprint density at radius 3 is 2.17 bits per heavy atom. The number of allylic oxidation sites excluding steroid dienone is 3. The van der Waals surface area contributed by atoms with Crippen LogP contribution in [0.2, 0.25) is 0 Å². The van der Waals surface area contributed by atoms with E-state index in [2.05, 4.69) is 185 Å². The van der Waals surface area contributed by atoms with Crippen molar-refractivity contribution in [1.29, 1.82) is 0 Å². The lowest BCUT2D eigenvalue weighted by atomic mass is 9.98. The molecular weight excluding hydrogens is 709 g/mol. The molecule has 0 atom stereocenters. The SMILES string of the molecule is C1=C\COc2c(cccc2-c2cccc(-n3c4ccc(-c5cccc6c5oc5ccccc56)cc4c4c5c6cccc7c8ccccc8n(c5ccc43)c76)c2)C\C=C/1. The lowest BCUT2D eigenvalue weighted by Crippen LogP contribution is -2.00. The highest BCUT2D eigenvalue weighted by Crippen LogP contribution is 2.47. The number of rotatable bonds is 3. The van der Waals surface area contributed by atoms with Crippen LogP contribution in [-0.2, 0) is 6.42 Å². The highest BCUT2D eigenvalue weighted by atomic mass is 16.5. The molecule has 4 nitrogen and oxygen atoms in total. The largest absolute Gasteiger partial charge is 0.489 e. The number of aromatic nitrogens is 2. The minimum atomic E-state index is 0.529. The lowest BCUT2D eigenvalue weighted by Gasteiger charge is -2.16. The molecule has 1 aliphatic heterocycles. The van der Waals surface area contributed by atoms with Gasteiger partial charge >= 0.3 is 0 Å². The fourth-order valence-electron chi connectivity index (χ4n) is 9.95. The molecule has 1 aliphatic rings. The molecule has 4 aromatic heterocycles. The van der Waals surface area contributed by atoms with Gasteiger partial charge in [-0.05, 0) is 77.7 Å². The molecule has 0 saturated carbocycles. The molecule has 13 rings (SSSR count). The number of hydrogen-bond acceptors (Lipinski definition) is 2. The zero-order valence-corrected chi connectivity index (χ0v) is 31.4. The van der Waals surface area contributed by atoms with Crippen LogP contribution in [0.3, 0.4) is 0 Å². The number of hydrogen-bond donors (Lipinski definition) is 0. The van der Waals surface area contributed by atoms with Gasteiger partial charge in [-0.2, -0.15) is 0 Å². The third-order valence-electron chi connectivity index (χ3n) is 12.4. The molecule has 0 amide bonds. The van der Waals surface area contributed by atoms with Crippen molar-refractivity contribution >= 4 is 81.8 Å². The number of nitrogens with zero attached hydrogens (tertiary/aromatic N) is 2. The van der Waals surface area contributed by atoms with E-state index < -0.39 is 0 Å². The van der Waals surface area contributed by atoms with Gasteiger partial charge in [0.05, 0.1) is 27.6 Å². The third kappa shape index (κ3) is 4.34. The van der Waals surface area contributed by atoms with Crippen molar-refractivity contribution in [3.63, 3.8) is 0 Å². The van der Waals surface area contributed by atoms with Crippen molar-refractivity contribution in [1.82, 2.24) is 8.97 Å². The summed E-state index contributed by atoms with van der Waals surface area (Å²) in [5, 5.41) is 9.84. The molecular formula is C54H34N2O2. The van der Waals surface area contributed by atoms with Gasteiger partial charge in [0.25, 0.3) is 0 Å². The molecule has 0 unspecified atom stereocenters. The van der Waals surface area contributed by atoms with E-state index in [1.165, 1.54) is 59.9 Å². The summed E-state index contributed by atoms with van der Waals surface area (Å²) in [4.78, 5) is 0. The van der Waals surface area contributed by atoms with Crippen LogP contribution in [0.4, 0.5) is 0 Å². The summed E-state index contributed by atoms with van der Waals surface area (Å²) in [7, 11) is 0. The molecule has 0 spiro atoms. The van der Waals surface area contributed by atoms with Crippen molar-refractivity contribution in [2.45, 2.75) is 6.42 Å². The molecule has 4 heteroatoms. The van der Waals surface area contributed by atoms with Gasteiger partial charge in [-0.3, -0.25) is 0 Å². The molecule has 0 fully saturated rings. The van der Waals surface area contributed by atoms with E-state index in [9.17, 15) is 0 Å². The summed E-state index contributed by atoms with van der Waals surface area (Å²) in [6, 6.07) is 57.5. The summed E-state index contributed by atoms with van der Waals surface area (Å²) < 4.78 is 18.0.